The number of thiophene rings is 1. The lowest BCUT2D eigenvalue weighted by molar-refractivity contribution is 0.0292. The van der Waals surface area contributed by atoms with Gasteiger partial charge in [0, 0.05) is 29.1 Å². The molecule has 3 N–H and O–H groups in total. The molecule has 4 rings (SSSR count). The summed E-state index contributed by atoms with van der Waals surface area (Å²) in [6, 6.07) is 16.9. The largest absolute Gasteiger partial charge is 0.373 e. The van der Waals surface area contributed by atoms with Crippen molar-refractivity contribution in [2.45, 2.75) is 25.1 Å². The summed E-state index contributed by atoms with van der Waals surface area (Å²) in [5, 5.41) is 13.8. The average Bonchev–Trinajstić information content (AvgIpc) is 3.04. The summed E-state index contributed by atoms with van der Waals surface area (Å²) >= 11 is 1.76. The molecule has 3 aromatic rings. The predicted octanol–water partition coefficient (Wildman–Crippen LogP) is 3.75. The van der Waals surface area contributed by atoms with Gasteiger partial charge in [-0.25, -0.2) is 4.99 Å². The van der Waals surface area contributed by atoms with Crippen LogP contribution in [0.4, 0.5) is 0 Å². The molecule has 1 aliphatic rings. The average molecular weight is 351 g/mol. The number of aliphatic hydroxyl groups is 1. The summed E-state index contributed by atoms with van der Waals surface area (Å²) in [6.45, 7) is 2.03. The van der Waals surface area contributed by atoms with Gasteiger partial charge in [0.05, 0.1) is 5.54 Å². The number of aliphatic hydroxyl groups excluding tert-OH is 1. The monoisotopic (exact) mass is 351 g/mol. The molecule has 4 nitrogen and oxygen atoms in total. The second-order valence-electron chi connectivity index (χ2n) is 6.77. The zero-order chi connectivity index (χ0) is 17.6. The van der Waals surface area contributed by atoms with E-state index in [-0.39, 0.29) is 0 Å². The van der Waals surface area contributed by atoms with Crippen LogP contribution in [-0.2, 0) is 5.54 Å². The minimum Gasteiger partial charge on any atom is -0.373 e. The lowest BCUT2D eigenvalue weighted by Gasteiger charge is -2.38. The lowest BCUT2D eigenvalue weighted by Crippen LogP contribution is -2.50. The highest BCUT2D eigenvalue weighted by Crippen LogP contribution is 2.38. The van der Waals surface area contributed by atoms with Gasteiger partial charge in [-0.2, -0.15) is 0 Å². The fourth-order valence-electron chi connectivity index (χ4n) is 3.43. The van der Waals surface area contributed by atoms with E-state index < -0.39 is 11.8 Å². The van der Waals surface area contributed by atoms with Crippen molar-refractivity contribution in [2.75, 3.05) is 7.05 Å². The first-order chi connectivity index (χ1) is 12.0. The molecular formula is C20H21N3OS. The molecule has 0 saturated heterocycles. The number of hydrogen-bond donors (Lipinski definition) is 2. The van der Waals surface area contributed by atoms with Gasteiger partial charge < -0.3 is 15.7 Å². The van der Waals surface area contributed by atoms with E-state index in [9.17, 15) is 5.11 Å². The number of rotatable bonds is 2. The third kappa shape index (κ3) is 2.69. The van der Waals surface area contributed by atoms with Crippen molar-refractivity contribution >= 4 is 27.4 Å². The summed E-state index contributed by atoms with van der Waals surface area (Å²) in [4.78, 5) is 6.27. The Hall–Kier alpha value is -2.37. The second kappa shape index (κ2) is 5.86. The quantitative estimate of drug-likeness (QED) is 0.739. The molecule has 2 unspecified atom stereocenters. The molecule has 0 aliphatic carbocycles. The number of hydrogen-bond acceptors (Lipinski definition) is 5. The van der Waals surface area contributed by atoms with Gasteiger partial charge in [-0.05, 0) is 35.6 Å². The van der Waals surface area contributed by atoms with Gasteiger partial charge in [0.1, 0.15) is 6.23 Å². The van der Waals surface area contributed by atoms with Gasteiger partial charge in [0.25, 0.3) is 0 Å². The fourth-order valence-corrected chi connectivity index (χ4v) is 4.40. The Morgan fingerprint density at radius 3 is 2.84 bits per heavy atom. The van der Waals surface area contributed by atoms with E-state index in [1.54, 1.807) is 23.3 Å². The van der Waals surface area contributed by atoms with Crippen molar-refractivity contribution in [2.24, 2.45) is 10.7 Å². The Morgan fingerprint density at radius 2 is 2.04 bits per heavy atom. The maximum absolute atomic E-state index is 10.3. The Kier molecular flexibility index (Phi) is 3.78. The molecule has 0 radical (unpaired) electrons. The Morgan fingerprint density at radius 1 is 1.24 bits per heavy atom. The molecule has 25 heavy (non-hydrogen) atoms. The summed E-state index contributed by atoms with van der Waals surface area (Å²) in [5.74, 6) is 0.368. The number of aliphatic imine (C=N–C) groups is 1. The van der Waals surface area contributed by atoms with E-state index in [2.05, 4.69) is 58.9 Å². The number of fused-ring (bicyclic) bond motifs is 1. The van der Waals surface area contributed by atoms with Crippen molar-refractivity contribution in [3.63, 3.8) is 0 Å². The highest BCUT2D eigenvalue weighted by molar-refractivity contribution is 7.17. The van der Waals surface area contributed by atoms with Crippen molar-refractivity contribution in [3.05, 3.63) is 59.5 Å². The van der Waals surface area contributed by atoms with Gasteiger partial charge in [0.15, 0.2) is 5.96 Å². The molecule has 2 aromatic carbocycles. The highest BCUT2D eigenvalue weighted by atomic mass is 32.1. The van der Waals surface area contributed by atoms with E-state index in [0.717, 1.165) is 5.56 Å². The van der Waals surface area contributed by atoms with Gasteiger partial charge in [-0.1, -0.05) is 36.4 Å². The minimum absolute atomic E-state index is 0.368. The zero-order valence-corrected chi connectivity index (χ0v) is 15.1. The molecule has 128 valence electrons. The molecule has 2 atom stereocenters. The molecule has 0 bridgehead atoms. The Bertz CT molecular complexity index is 964. The van der Waals surface area contributed by atoms with Crippen LogP contribution in [0.25, 0.3) is 21.2 Å². The van der Waals surface area contributed by atoms with E-state index in [1.807, 2.05) is 6.92 Å². The summed E-state index contributed by atoms with van der Waals surface area (Å²) in [6.07, 6.45) is -0.119. The van der Waals surface area contributed by atoms with E-state index in [4.69, 9.17) is 5.73 Å². The molecule has 0 amide bonds. The van der Waals surface area contributed by atoms with Crippen LogP contribution in [0.15, 0.2) is 58.9 Å². The van der Waals surface area contributed by atoms with E-state index in [0.29, 0.717) is 12.4 Å². The summed E-state index contributed by atoms with van der Waals surface area (Å²) in [7, 11) is 1.76. The predicted molar refractivity (Wildman–Crippen MR) is 105 cm³/mol. The van der Waals surface area contributed by atoms with Crippen molar-refractivity contribution in [1.82, 2.24) is 4.90 Å². The van der Waals surface area contributed by atoms with Crippen LogP contribution < -0.4 is 5.73 Å². The third-order valence-corrected chi connectivity index (χ3v) is 5.99. The van der Waals surface area contributed by atoms with Crippen LogP contribution in [0.3, 0.4) is 0 Å². The smallest absolute Gasteiger partial charge is 0.193 e. The Balaban J connectivity index is 1.80. The summed E-state index contributed by atoms with van der Waals surface area (Å²) in [5.41, 5.74) is 8.94. The van der Waals surface area contributed by atoms with Crippen LogP contribution in [0.5, 0.6) is 0 Å². The number of benzene rings is 2. The molecule has 5 heteroatoms. The van der Waals surface area contributed by atoms with Gasteiger partial charge in [-0.3, -0.25) is 0 Å². The summed E-state index contributed by atoms with van der Waals surface area (Å²) < 4.78 is 1.28. The molecule has 2 heterocycles. The van der Waals surface area contributed by atoms with Crippen LogP contribution >= 0.6 is 11.3 Å². The lowest BCUT2D eigenvalue weighted by atomic mass is 9.85. The standard InChI is InChI=1S/C20H21N3OS/c1-20(11-18(24)23(2)19(21)22-20)14-7-5-6-13(10-14)16-12-25-17-9-4-3-8-15(16)17/h3-10,12,18,24H,11H2,1-2H3,(H2,21,22). The first-order valence-corrected chi connectivity index (χ1v) is 9.19. The second-order valence-corrected chi connectivity index (χ2v) is 7.68. The highest BCUT2D eigenvalue weighted by Gasteiger charge is 2.36. The van der Waals surface area contributed by atoms with Crippen LogP contribution in [0, 0.1) is 0 Å². The molecule has 1 aromatic heterocycles. The molecule has 0 saturated carbocycles. The third-order valence-electron chi connectivity index (χ3n) is 5.03. The van der Waals surface area contributed by atoms with Crippen LogP contribution in [0.1, 0.15) is 18.9 Å². The zero-order valence-electron chi connectivity index (χ0n) is 14.3. The first kappa shape index (κ1) is 16.1. The maximum Gasteiger partial charge on any atom is 0.193 e. The molecule has 0 spiro atoms. The first-order valence-electron chi connectivity index (χ1n) is 8.31. The van der Waals surface area contributed by atoms with Crippen molar-refractivity contribution < 1.29 is 5.11 Å². The maximum atomic E-state index is 10.3. The number of guanidine groups is 1. The normalized spacial score (nSPS) is 23.7. The number of nitrogens with two attached hydrogens (primary N) is 1. The van der Waals surface area contributed by atoms with Gasteiger partial charge >= 0.3 is 0 Å². The van der Waals surface area contributed by atoms with Crippen LogP contribution in [0.2, 0.25) is 0 Å². The topological polar surface area (TPSA) is 61.8 Å². The molecule has 0 fully saturated rings. The molecular weight excluding hydrogens is 330 g/mol. The molecule has 1 aliphatic heterocycles. The SMILES string of the molecule is CN1C(N)=NC(C)(c2cccc(-c3csc4ccccc34)c2)CC1O. The van der Waals surface area contributed by atoms with Crippen LogP contribution in [-0.4, -0.2) is 29.2 Å². The Labute approximate surface area is 151 Å². The minimum atomic E-state index is -0.631. The van der Waals surface area contributed by atoms with E-state index in [1.165, 1.54) is 21.2 Å². The van der Waals surface area contributed by atoms with Gasteiger partial charge in [0.2, 0.25) is 0 Å². The fraction of sp³-hybridized carbons (Fsp3) is 0.250. The number of nitrogens with zero attached hydrogens (tertiary/aromatic N) is 2. The van der Waals surface area contributed by atoms with E-state index >= 15 is 0 Å². The van der Waals surface area contributed by atoms with Crippen molar-refractivity contribution in [3.8, 4) is 11.1 Å². The van der Waals surface area contributed by atoms with Crippen molar-refractivity contribution in [1.29, 1.82) is 0 Å². The van der Waals surface area contributed by atoms with Gasteiger partial charge in [-0.15, -0.1) is 11.3 Å².